The van der Waals surface area contributed by atoms with Crippen LogP contribution in [0.2, 0.25) is 0 Å². The van der Waals surface area contributed by atoms with Crippen molar-refractivity contribution in [2.75, 3.05) is 26.7 Å². The maximum Gasteiger partial charge on any atom is 0.216 e. The van der Waals surface area contributed by atoms with Crippen molar-refractivity contribution in [2.45, 2.75) is 71.8 Å². The molecule has 0 heterocycles. The summed E-state index contributed by atoms with van der Waals surface area (Å²) >= 11 is 0. The Morgan fingerprint density at radius 1 is 1.10 bits per heavy atom. The number of aliphatic imine (C=N–C) groups is 1. The molecule has 0 radical (unpaired) electrons. The van der Waals surface area contributed by atoms with E-state index in [2.05, 4.69) is 46.0 Å². The van der Waals surface area contributed by atoms with Gasteiger partial charge in [-0.1, -0.05) is 38.1 Å². The summed E-state index contributed by atoms with van der Waals surface area (Å²) in [5.74, 6) is 0.694. The van der Waals surface area contributed by atoms with Crippen molar-refractivity contribution in [2.24, 2.45) is 4.99 Å². The maximum atomic E-state index is 12.3. The first-order chi connectivity index (χ1) is 14.2. The molecule has 9 heteroatoms. The molecule has 0 saturated heterocycles. The van der Waals surface area contributed by atoms with Gasteiger partial charge in [0.25, 0.3) is 0 Å². The minimum atomic E-state index is -3.37. The summed E-state index contributed by atoms with van der Waals surface area (Å²) in [5, 5.41) is 6.75. The summed E-state index contributed by atoms with van der Waals surface area (Å²) in [6.45, 7) is 14.0. The Hall–Kier alpha value is -0.910. The van der Waals surface area contributed by atoms with Gasteiger partial charge in [-0.15, -0.1) is 24.0 Å². The Morgan fingerprint density at radius 3 is 2.26 bits per heavy atom. The number of sulfonamides is 1. The molecule has 0 saturated carbocycles. The van der Waals surface area contributed by atoms with Crippen molar-refractivity contribution in [1.82, 2.24) is 20.3 Å². The lowest BCUT2D eigenvalue weighted by molar-refractivity contribution is 0.292. The third-order valence-electron chi connectivity index (χ3n) is 4.94. The fraction of sp³-hybridized carbons (Fsp3) is 0.682. The first kappa shape index (κ1) is 30.1. The Bertz CT molecular complexity index is 752. The van der Waals surface area contributed by atoms with Crippen LogP contribution in [0.5, 0.6) is 0 Å². The van der Waals surface area contributed by atoms with Gasteiger partial charge in [0.2, 0.25) is 10.0 Å². The molecule has 1 aromatic rings. The third kappa shape index (κ3) is 12.6. The number of hydrogen-bond donors (Lipinski definition) is 3. The van der Waals surface area contributed by atoms with Crippen LogP contribution < -0.4 is 15.4 Å². The highest BCUT2D eigenvalue weighted by Crippen LogP contribution is 2.12. The van der Waals surface area contributed by atoms with E-state index < -0.39 is 10.0 Å². The van der Waals surface area contributed by atoms with Gasteiger partial charge in [0.05, 0.1) is 5.75 Å². The van der Waals surface area contributed by atoms with Crippen molar-refractivity contribution < 1.29 is 8.42 Å². The molecule has 7 nitrogen and oxygen atoms in total. The van der Waals surface area contributed by atoms with Crippen LogP contribution in [-0.2, 0) is 22.3 Å². The Labute approximate surface area is 206 Å². The van der Waals surface area contributed by atoms with Gasteiger partial charge in [0.1, 0.15) is 0 Å². The van der Waals surface area contributed by atoms with Crippen LogP contribution in [0.25, 0.3) is 0 Å². The number of nitrogens with one attached hydrogen (secondary N) is 3. The fourth-order valence-corrected chi connectivity index (χ4v) is 4.81. The van der Waals surface area contributed by atoms with Crippen LogP contribution in [0.4, 0.5) is 0 Å². The van der Waals surface area contributed by atoms with Gasteiger partial charge in [-0.2, -0.15) is 0 Å². The van der Waals surface area contributed by atoms with E-state index in [-0.39, 0.29) is 35.8 Å². The van der Waals surface area contributed by atoms with Crippen molar-refractivity contribution in [3.63, 3.8) is 0 Å². The minimum absolute atomic E-state index is 0. The predicted octanol–water partition coefficient (Wildman–Crippen LogP) is 3.31. The Balaban J connectivity index is 0.00000900. The summed E-state index contributed by atoms with van der Waals surface area (Å²) in [6.07, 6.45) is 2.20. The van der Waals surface area contributed by atoms with Crippen LogP contribution in [0.15, 0.2) is 29.3 Å². The zero-order valence-electron chi connectivity index (χ0n) is 19.9. The molecule has 3 N–H and O–H groups in total. The zero-order valence-corrected chi connectivity index (χ0v) is 23.1. The smallest absolute Gasteiger partial charge is 0.216 e. The summed E-state index contributed by atoms with van der Waals surface area (Å²) in [5.41, 5.74) is 1.74. The van der Waals surface area contributed by atoms with Gasteiger partial charge in [-0.25, -0.2) is 13.1 Å². The van der Waals surface area contributed by atoms with Crippen LogP contribution in [0.1, 0.15) is 58.6 Å². The summed E-state index contributed by atoms with van der Waals surface area (Å²) in [6, 6.07) is 7.80. The van der Waals surface area contributed by atoms with Gasteiger partial charge in [0, 0.05) is 25.7 Å². The predicted molar refractivity (Wildman–Crippen MR) is 143 cm³/mol. The SMILES string of the molecule is CCN(CC)CCCC(C)NC(=NC)NCc1ccccc1CS(=O)(=O)NC(C)C.I. The second kappa shape index (κ2) is 15.8. The fourth-order valence-electron chi connectivity index (χ4n) is 3.32. The van der Waals surface area contributed by atoms with E-state index in [1.807, 2.05) is 38.1 Å². The van der Waals surface area contributed by atoms with Gasteiger partial charge < -0.3 is 15.5 Å². The second-order valence-electron chi connectivity index (χ2n) is 7.94. The highest BCUT2D eigenvalue weighted by atomic mass is 127. The number of hydrogen-bond acceptors (Lipinski definition) is 4. The molecule has 0 aliphatic carbocycles. The van der Waals surface area contributed by atoms with E-state index in [1.165, 1.54) is 0 Å². The van der Waals surface area contributed by atoms with E-state index in [4.69, 9.17) is 0 Å². The first-order valence-electron chi connectivity index (χ1n) is 11.0. The Kier molecular flexibility index (Phi) is 15.4. The van der Waals surface area contributed by atoms with Crippen LogP contribution in [-0.4, -0.2) is 58.0 Å². The molecular formula is C22H42IN5O2S. The summed E-state index contributed by atoms with van der Waals surface area (Å²) < 4.78 is 27.3. The molecule has 1 atom stereocenters. The monoisotopic (exact) mass is 567 g/mol. The topological polar surface area (TPSA) is 85.8 Å². The molecule has 0 fully saturated rings. The van der Waals surface area contributed by atoms with Crippen molar-refractivity contribution in [3.8, 4) is 0 Å². The molecule has 1 unspecified atom stereocenters. The molecule has 0 aliphatic heterocycles. The summed E-state index contributed by atoms with van der Waals surface area (Å²) in [4.78, 5) is 6.75. The number of rotatable bonds is 13. The van der Waals surface area contributed by atoms with E-state index >= 15 is 0 Å². The molecule has 0 aromatic heterocycles. The highest BCUT2D eigenvalue weighted by molar-refractivity contribution is 14.0. The molecule has 0 aliphatic rings. The number of benzene rings is 1. The number of guanidine groups is 1. The second-order valence-corrected chi connectivity index (χ2v) is 9.69. The lowest BCUT2D eigenvalue weighted by Crippen LogP contribution is -2.42. The average molecular weight is 568 g/mol. The summed E-state index contributed by atoms with van der Waals surface area (Å²) in [7, 11) is -1.62. The molecule has 0 spiro atoms. The molecule has 0 amide bonds. The van der Waals surface area contributed by atoms with Crippen LogP contribution in [0.3, 0.4) is 0 Å². The third-order valence-corrected chi connectivity index (χ3v) is 6.46. The minimum Gasteiger partial charge on any atom is -0.354 e. The van der Waals surface area contributed by atoms with E-state index in [0.717, 1.165) is 49.6 Å². The molecule has 180 valence electrons. The van der Waals surface area contributed by atoms with Crippen LogP contribution in [0, 0.1) is 0 Å². The van der Waals surface area contributed by atoms with Gasteiger partial charge in [-0.05, 0) is 64.4 Å². The average Bonchev–Trinajstić information content (AvgIpc) is 2.68. The van der Waals surface area contributed by atoms with Crippen molar-refractivity contribution in [1.29, 1.82) is 0 Å². The molecule has 31 heavy (non-hydrogen) atoms. The van der Waals surface area contributed by atoms with E-state index in [0.29, 0.717) is 12.6 Å². The highest BCUT2D eigenvalue weighted by Gasteiger charge is 2.15. The quantitative estimate of drug-likeness (QED) is 0.194. The van der Waals surface area contributed by atoms with Crippen molar-refractivity contribution >= 4 is 40.0 Å². The number of nitrogens with zero attached hydrogens (tertiary/aromatic N) is 2. The van der Waals surface area contributed by atoms with E-state index in [1.54, 1.807) is 7.05 Å². The van der Waals surface area contributed by atoms with Gasteiger partial charge in [-0.3, -0.25) is 4.99 Å². The first-order valence-corrected chi connectivity index (χ1v) is 12.6. The van der Waals surface area contributed by atoms with Gasteiger partial charge in [0.15, 0.2) is 5.96 Å². The maximum absolute atomic E-state index is 12.3. The van der Waals surface area contributed by atoms with E-state index in [9.17, 15) is 8.42 Å². The lowest BCUT2D eigenvalue weighted by atomic mass is 10.1. The van der Waals surface area contributed by atoms with Crippen LogP contribution >= 0.6 is 24.0 Å². The standard InChI is InChI=1S/C22H41N5O2S.HI/c1-7-27(8-2)15-11-12-19(5)25-22(23-6)24-16-20-13-9-10-14-21(20)17-30(28,29)26-18(3)4;/h9-10,13-14,18-19,26H,7-8,11-12,15-17H2,1-6H3,(H2,23,24,25);1H. The molecule has 1 aromatic carbocycles. The number of halogens is 1. The Morgan fingerprint density at radius 2 is 1.71 bits per heavy atom. The van der Waals surface area contributed by atoms with Gasteiger partial charge >= 0.3 is 0 Å². The van der Waals surface area contributed by atoms with Crippen molar-refractivity contribution in [3.05, 3.63) is 35.4 Å². The molecular weight excluding hydrogens is 525 g/mol. The lowest BCUT2D eigenvalue weighted by Gasteiger charge is -2.21. The molecule has 0 bridgehead atoms. The zero-order chi connectivity index (χ0) is 22.6. The molecule has 1 rings (SSSR count). The largest absolute Gasteiger partial charge is 0.354 e. The normalized spacial score (nSPS) is 13.2.